The summed E-state index contributed by atoms with van der Waals surface area (Å²) in [6.07, 6.45) is 0.296. The second-order valence-corrected chi connectivity index (χ2v) is 9.97. The highest BCUT2D eigenvalue weighted by Crippen LogP contribution is 2.29. The molecule has 10 heteroatoms. The van der Waals surface area contributed by atoms with E-state index in [1.807, 2.05) is 17.5 Å². The van der Waals surface area contributed by atoms with Gasteiger partial charge in [-0.1, -0.05) is 17.4 Å². The van der Waals surface area contributed by atoms with Gasteiger partial charge in [0.25, 0.3) is 0 Å². The largest absolute Gasteiger partial charge is 0.379 e. The molecule has 7 nitrogen and oxygen atoms in total. The topological polar surface area (TPSA) is 88.6 Å². The third-order valence-electron chi connectivity index (χ3n) is 4.13. The van der Waals surface area contributed by atoms with Gasteiger partial charge in [0.15, 0.2) is 5.13 Å². The van der Waals surface area contributed by atoms with Crippen LogP contribution in [-0.2, 0) is 26.0 Å². The van der Waals surface area contributed by atoms with E-state index in [0.717, 1.165) is 9.58 Å². The summed E-state index contributed by atoms with van der Waals surface area (Å²) in [5.74, 6) is -0.141. The molecule has 1 aliphatic heterocycles. The van der Waals surface area contributed by atoms with Crippen LogP contribution in [0, 0.1) is 0 Å². The van der Waals surface area contributed by atoms with Crippen LogP contribution in [0.2, 0.25) is 0 Å². The maximum atomic E-state index is 12.8. The van der Waals surface area contributed by atoms with Crippen molar-refractivity contribution in [2.45, 2.75) is 11.3 Å². The molecule has 2 aromatic heterocycles. The summed E-state index contributed by atoms with van der Waals surface area (Å²) >= 11 is 2.79. The number of fused-ring (bicyclic) bond motifs is 1. The van der Waals surface area contributed by atoms with Crippen LogP contribution in [0.15, 0.2) is 40.6 Å². The highest BCUT2D eigenvalue weighted by molar-refractivity contribution is 7.89. The second kappa shape index (κ2) is 7.64. The first kappa shape index (κ1) is 18.5. The average Bonchev–Trinajstić information content (AvgIpc) is 3.30. The Labute approximate surface area is 164 Å². The Bertz CT molecular complexity index is 1050. The normalized spacial score (nSPS) is 15.9. The van der Waals surface area contributed by atoms with E-state index in [1.54, 1.807) is 18.2 Å². The highest BCUT2D eigenvalue weighted by Gasteiger charge is 2.26. The third kappa shape index (κ3) is 4.04. The number of anilines is 1. The number of hydrogen-bond acceptors (Lipinski definition) is 7. The summed E-state index contributed by atoms with van der Waals surface area (Å²) in [5, 5.41) is 5.18. The van der Waals surface area contributed by atoms with Crippen molar-refractivity contribution < 1.29 is 17.9 Å². The molecular weight excluding hydrogens is 406 g/mol. The van der Waals surface area contributed by atoms with Gasteiger partial charge in [0.05, 0.1) is 34.7 Å². The van der Waals surface area contributed by atoms with Crippen LogP contribution in [0.1, 0.15) is 4.88 Å². The van der Waals surface area contributed by atoms with Gasteiger partial charge in [-0.25, -0.2) is 13.4 Å². The molecule has 0 spiro atoms. The molecule has 4 rings (SSSR count). The Morgan fingerprint density at radius 1 is 1.26 bits per heavy atom. The summed E-state index contributed by atoms with van der Waals surface area (Å²) in [6, 6.07) is 8.66. The van der Waals surface area contributed by atoms with Gasteiger partial charge in [-0.2, -0.15) is 4.31 Å². The van der Waals surface area contributed by atoms with E-state index in [9.17, 15) is 13.2 Å². The Kier molecular flexibility index (Phi) is 5.24. The van der Waals surface area contributed by atoms with E-state index in [2.05, 4.69) is 10.3 Å². The Morgan fingerprint density at radius 2 is 2.07 bits per heavy atom. The predicted octanol–water partition coefficient (Wildman–Crippen LogP) is 2.56. The molecular formula is C17H17N3O4S3. The number of nitrogens with one attached hydrogen (secondary N) is 1. The van der Waals surface area contributed by atoms with Crippen molar-refractivity contribution >= 4 is 54.0 Å². The molecule has 1 saturated heterocycles. The number of thiazole rings is 1. The summed E-state index contributed by atoms with van der Waals surface area (Å²) in [5.41, 5.74) is 0.660. The van der Waals surface area contributed by atoms with Crippen molar-refractivity contribution in [1.29, 1.82) is 0 Å². The number of ether oxygens (including phenoxy) is 1. The number of nitrogens with zero attached hydrogens (tertiary/aromatic N) is 2. The molecule has 0 atom stereocenters. The lowest BCUT2D eigenvalue weighted by molar-refractivity contribution is -0.115. The molecule has 0 radical (unpaired) electrons. The lowest BCUT2D eigenvalue weighted by Gasteiger charge is -2.25. The molecule has 0 aliphatic carbocycles. The van der Waals surface area contributed by atoms with Gasteiger partial charge in [-0.05, 0) is 29.6 Å². The van der Waals surface area contributed by atoms with Crippen molar-refractivity contribution in [2.24, 2.45) is 0 Å². The Balaban J connectivity index is 1.54. The SMILES string of the molecule is O=C(Cc1cccs1)Nc1nc2ccc(S(=O)(=O)N3CCOCC3)cc2s1. The van der Waals surface area contributed by atoms with E-state index in [4.69, 9.17) is 4.74 Å². The quantitative estimate of drug-likeness (QED) is 0.681. The van der Waals surface area contributed by atoms with Gasteiger partial charge >= 0.3 is 0 Å². The minimum atomic E-state index is -3.56. The fraction of sp³-hybridized carbons (Fsp3) is 0.294. The molecule has 0 bridgehead atoms. The number of thiophene rings is 1. The van der Waals surface area contributed by atoms with Crippen LogP contribution < -0.4 is 5.32 Å². The molecule has 1 aromatic carbocycles. The van der Waals surface area contributed by atoms with Gasteiger partial charge in [0.2, 0.25) is 15.9 Å². The maximum absolute atomic E-state index is 12.8. The molecule has 1 fully saturated rings. The van der Waals surface area contributed by atoms with Gasteiger partial charge in [0, 0.05) is 18.0 Å². The molecule has 0 unspecified atom stereocenters. The molecule has 27 heavy (non-hydrogen) atoms. The lowest BCUT2D eigenvalue weighted by atomic mass is 10.3. The monoisotopic (exact) mass is 423 g/mol. The van der Waals surface area contributed by atoms with Crippen molar-refractivity contribution in [1.82, 2.24) is 9.29 Å². The zero-order chi connectivity index (χ0) is 18.9. The fourth-order valence-electron chi connectivity index (χ4n) is 2.79. The predicted molar refractivity (Wildman–Crippen MR) is 106 cm³/mol. The van der Waals surface area contributed by atoms with E-state index in [1.165, 1.54) is 27.0 Å². The zero-order valence-electron chi connectivity index (χ0n) is 14.3. The number of hydrogen-bond donors (Lipinski definition) is 1. The maximum Gasteiger partial charge on any atom is 0.243 e. The first-order chi connectivity index (χ1) is 13.0. The Hall–Kier alpha value is -1.85. The third-order valence-corrected chi connectivity index (χ3v) is 7.83. The number of carbonyl (C=O) groups is 1. The number of amides is 1. The van der Waals surface area contributed by atoms with E-state index in [0.29, 0.717) is 43.4 Å². The summed E-state index contributed by atoms with van der Waals surface area (Å²) in [6.45, 7) is 1.52. The van der Waals surface area contributed by atoms with Crippen LogP contribution >= 0.6 is 22.7 Å². The standard InChI is InChI=1S/C17H17N3O4S3/c21-16(10-12-2-1-9-25-12)19-17-18-14-4-3-13(11-15(14)26-17)27(22,23)20-5-7-24-8-6-20/h1-4,9,11H,5-8,10H2,(H,18,19,21). The van der Waals surface area contributed by atoms with Gasteiger partial charge in [-0.15, -0.1) is 11.3 Å². The molecule has 0 saturated carbocycles. The Morgan fingerprint density at radius 3 is 2.81 bits per heavy atom. The van der Waals surface area contributed by atoms with Crippen LogP contribution in [0.3, 0.4) is 0 Å². The van der Waals surface area contributed by atoms with Crippen molar-refractivity contribution in [2.75, 3.05) is 31.6 Å². The van der Waals surface area contributed by atoms with Crippen LogP contribution in [0.4, 0.5) is 5.13 Å². The van der Waals surface area contributed by atoms with Crippen LogP contribution in [0.5, 0.6) is 0 Å². The number of rotatable bonds is 5. The zero-order valence-corrected chi connectivity index (χ0v) is 16.7. The summed E-state index contributed by atoms with van der Waals surface area (Å²) < 4.78 is 32.9. The fourth-order valence-corrected chi connectivity index (χ4v) is 5.92. The number of carbonyl (C=O) groups excluding carboxylic acids is 1. The molecule has 1 aliphatic rings. The molecule has 1 N–H and O–H groups in total. The van der Waals surface area contributed by atoms with Gasteiger partial charge < -0.3 is 10.1 Å². The minimum absolute atomic E-state index is 0.141. The van der Waals surface area contributed by atoms with Gasteiger partial charge in [0.1, 0.15) is 0 Å². The first-order valence-corrected chi connectivity index (χ1v) is 11.5. The molecule has 1 amide bonds. The van der Waals surface area contributed by atoms with Crippen LogP contribution in [-0.4, -0.2) is 49.9 Å². The van der Waals surface area contributed by atoms with Crippen molar-refractivity contribution in [3.8, 4) is 0 Å². The van der Waals surface area contributed by atoms with E-state index < -0.39 is 10.0 Å². The lowest BCUT2D eigenvalue weighted by Crippen LogP contribution is -2.40. The number of aromatic nitrogens is 1. The average molecular weight is 424 g/mol. The smallest absolute Gasteiger partial charge is 0.243 e. The highest BCUT2D eigenvalue weighted by atomic mass is 32.2. The number of benzene rings is 1. The number of sulfonamides is 1. The number of morpholine rings is 1. The second-order valence-electron chi connectivity index (χ2n) is 5.97. The van der Waals surface area contributed by atoms with Gasteiger partial charge in [-0.3, -0.25) is 4.79 Å². The van der Waals surface area contributed by atoms with Crippen molar-refractivity contribution in [3.63, 3.8) is 0 Å². The van der Waals surface area contributed by atoms with E-state index in [-0.39, 0.29) is 10.8 Å². The molecule has 3 heterocycles. The minimum Gasteiger partial charge on any atom is -0.379 e. The first-order valence-electron chi connectivity index (χ1n) is 8.33. The summed E-state index contributed by atoms with van der Waals surface area (Å²) in [4.78, 5) is 17.7. The van der Waals surface area contributed by atoms with Crippen molar-refractivity contribution in [3.05, 3.63) is 40.6 Å². The van der Waals surface area contributed by atoms with Crippen LogP contribution in [0.25, 0.3) is 10.2 Å². The molecule has 142 valence electrons. The molecule has 3 aromatic rings. The van der Waals surface area contributed by atoms with E-state index >= 15 is 0 Å². The summed E-state index contributed by atoms with van der Waals surface area (Å²) in [7, 11) is -3.56.